The molecule has 0 spiro atoms. The molecule has 5 aliphatic rings. The molecule has 5 rings (SSSR count). The Balaban J connectivity index is 1.46. The maximum absolute atomic E-state index is 9.23. The molecule has 4 saturated carbocycles. The van der Waals surface area contributed by atoms with E-state index in [2.05, 4.69) is 40.7 Å². The molecule has 34 heavy (non-hydrogen) atoms. The van der Waals surface area contributed by atoms with Gasteiger partial charge >= 0.3 is 0 Å². The number of rotatable bonds is 5. The second-order valence-corrected chi connectivity index (χ2v) is 13.9. The first-order valence-electron chi connectivity index (χ1n) is 14.9. The molecular formula is C31H51NO2. The second kappa shape index (κ2) is 9.70. The second-order valence-electron chi connectivity index (χ2n) is 13.9. The zero-order valence-corrected chi connectivity index (χ0v) is 22.7. The van der Waals surface area contributed by atoms with Gasteiger partial charge in [-0.15, -0.1) is 0 Å². The third-order valence-corrected chi connectivity index (χ3v) is 12.4. The molecule has 5 fully saturated rings. The fourth-order valence-corrected chi connectivity index (χ4v) is 10.4. The standard InChI is InChI=1S/C31H51NO2/c1-20-13-14-30(4)23(17-20)19-27(34-28-10-6-7-16-33-28)29-25-12-11-24(21(2)9-8-15-32)31(25,5)22(3)18-26(29)30/h20-29H,6-14,16-19H2,1-5H3/t20-,21-,22+,23?,24-,25?,26?,27?,28?,29?,30+,31-/m1/s1/i15-1. The molecule has 0 N–H and O–H groups in total. The van der Waals surface area contributed by atoms with Gasteiger partial charge in [0.25, 0.3) is 0 Å². The van der Waals surface area contributed by atoms with Crippen LogP contribution in [0.15, 0.2) is 0 Å². The molecule has 6 unspecified atom stereocenters. The molecule has 3 nitrogen and oxygen atoms in total. The maximum atomic E-state index is 9.23. The van der Waals surface area contributed by atoms with Crippen molar-refractivity contribution < 1.29 is 9.47 Å². The molecule has 1 aliphatic heterocycles. The molecule has 1 saturated heterocycles. The minimum absolute atomic E-state index is 0.0297. The smallest absolute Gasteiger partial charge is 0.157 e. The molecule has 0 aromatic carbocycles. The van der Waals surface area contributed by atoms with Gasteiger partial charge in [0.05, 0.1) is 12.2 Å². The predicted molar refractivity (Wildman–Crippen MR) is 137 cm³/mol. The number of nitrogens with zero attached hydrogens (tertiary/aromatic N) is 1. The van der Waals surface area contributed by atoms with Gasteiger partial charge in [0.2, 0.25) is 0 Å². The first kappa shape index (κ1) is 25.1. The fraction of sp³-hybridized carbons (Fsp3) is 0.968. The highest BCUT2D eigenvalue weighted by molar-refractivity contribution is 5.13. The summed E-state index contributed by atoms with van der Waals surface area (Å²) >= 11 is 0. The van der Waals surface area contributed by atoms with Gasteiger partial charge in [0.1, 0.15) is 0 Å². The molecule has 1 heterocycles. The molecular weight excluding hydrogens is 417 g/mol. The van der Waals surface area contributed by atoms with Crippen molar-refractivity contribution in [3.05, 3.63) is 0 Å². The number of fused-ring (bicyclic) bond motifs is 5. The van der Waals surface area contributed by atoms with E-state index in [1.54, 1.807) is 0 Å². The number of hydrogen-bond acceptors (Lipinski definition) is 3. The molecule has 0 amide bonds. The highest BCUT2D eigenvalue weighted by Crippen LogP contribution is 2.70. The summed E-state index contributed by atoms with van der Waals surface area (Å²) < 4.78 is 13.2. The van der Waals surface area contributed by atoms with E-state index < -0.39 is 0 Å². The lowest BCUT2D eigenvalue weighted by Gasteiger charge is -2.65. The monoisotopic (exact) mass is 468 g/mol. The molecule has 0 aromatic rings. The Labute approximate surface area is 209 Å². The lowest BCUT2D eigenvalue weighted by atomic mass is 9.41. The minimum atomic E-state index is 0.0297. The molecule has 192 valence electrons. The van der Waals surface area contributed by atoms with Gasteiger partial charge in [-0.05, 0) is 122 Å². The summed E-state index contributed by atoms with van der Waals surface area (Å²) in [6.07, 6.45) is 15.3. The third kappa shape index (κ3) is 4.08. The summed E-state index contributed by atoms with van der Waals surface area (Å²) in [6.45, 7) is 13.7. The van der Waals surface area contributed by atoms with E-state index in [-0.39, 0.29) is 6.29 Å². The van der Waals surface area contributed by atoms with Gasteiger partial charge in [0.15, 0.2) is 6.29 Å². The zero-order valence-electron chi connectivity index (χ0n) is 22.7. The lowest BCUT2D eigenvalue weighted by Crippen LogP contribution is -2.61. The summed E-state index contributed by atoms with van der Waals surface area (Å²) in [6, 6.07) is 2.42. The Kier molecular flexibility index (Phi) is 7.16. The van der Waals surface area contributed by atoms with E-state index in [9.17, 15) is 5.26 Å². The topological polar surface area (TPSA) is 42.2 Å². The van der Waals surface area contributed by atoms with Gasteiger partial charge in [-0.3, -0.25) is 0 Å². The molecule has 0 aromatic heterocycles. The van der Waals surface area contributed by atoms with Crippen LogP contribution in [0.2, 0.25) is 0 Å². The van der Waals surface area contributed by atoms with Gasteiger partial charge in [0, 0.05) is 13.0 Å². The number of ether oxygens (including phenoxy) is 2. The summed E-state index contributed by atoms with van der Waals surface area (Å²) in [5.74, 6) is 6.10. The number of hydrogen-bond donors (Lipinski definition) is 0. The number of nitriles is 1. The molecule has 4 aliphatic carbocycles. The Hall–Kier alpha value is -0.590. The van der Waals surface area contributed by atoms with Crippen molar-refractivity contribution in [1.29, 1.82) is 5.26 Å². The van der Waals surface area contributed by atoms with E-state index in [1.807, 2.05) is 0 Å². The van der Waals surface area contributed by atoms with Crippen molar-refractivity contribution in [2.24, 2.45) is 58.2 Å². The summed E-state index contributed by atoms with van der Waals surface area (Å²) in [4.78, 5) is 0. The van der Waals surface area contributed by atoms with E-state index in [0.717, 1.165) is 55.0 Å². The van der Waals surface area contributed by atoms with Crippen molar-refractivity contribution >= 4 is 0 Å². The van der Waals surface area contributed by atoms with Crippen LogP contribution in [-0.4, -0.2) is 19.0 Å². The highest BCUT2D eigenvalue weighted by Gasteiger charge is 2.65. The van der Waals surface area contributed by atoms with Crippen LogP contribution < -0.4 is 0 Å². The zero-order chi connectivity index (χ0) is 24.1. The summed E-state index contributed by atoms with van der Waals surface area (Å²) in [7, 11) is 0. The average molecular weight is 469 g/mol. The molecule has 3 heteroatoms. The van der Waals surface area contributed by atoms with Crippen molar-refractivity contribution in [3.8, 4) is 6.07 Å². The Bertz CT molecular complexity index is 755. The van der Waals surface area contributed by atoms with Gasteiger partial charge in [-0.25, -0.2) is 0 Å². The van der Waals surface area contributed by atoms with E-state index in [4.69, 9.17) is 9.47 Å². The average Bonchev–Trinajstić information content (AvgIpc) is 3.18. The fourth-order valence-electron chi connectivity index (χ4n) is 10.4. The Morgan fingerprint density at radius 2 is 1.85 bits per heavy atom. The van der Waals surface area contributed by atoms with Crippen LogP contribution in [0.3, 0.4) is 0 Å². The van der Waals surface area contributed by atoms with Crippen LogP contribution >= 0.6 is 0 Å². The summed E-state index contributed by atoms with van der Waals surface area (Å²) in [5.41, 5.74) is 0.876. The molecule has 0 radical (unpaired) electrons. The van der Waals surface area contributed by atoms with Gasteiger partial charge < -0.3 is 9.47 Å². The van der Waals surface area contributed by atoms with Crippen molar-refractivity contribution in [2.75, 3.05) is 6.61 Å². The first-order chi connectivity index (χ1) is 16.3. The minimum Gasteiger partial charge on any atom is -0.353 e. The van der Waals surface area contributed by atoms with E-state index >= 15 is 0 Å². The van der Waals surface area contributed by atoms with Crippen molar-refractivity contribution in [2.45, 2.75) is 124 Å². The first-order valence-corrected chi connectivity index (χ1v) is 14.9. The van der Waals surface area contributed by atoms with Crippen LogP contribution in [0.5, 0.6) is 0 Å². The van der Waals surface area contributed by atoms with Gasteiger partial charge in [-0.1, -0.05) is 41.0 Å². The largest absolute Gasteiger partial charge is 0.353 e. The van der Waals surface area contributed by atoms with Crippen LogP contribution in [-0.2, 0) is 9.47 Å². The third-order valence-electron chi connectivity index (χ3n) is 12.4. The highest BCUT2D eigenvalue weighted by atomic mass is 16.7. The predicted octanol–water partition coefficient (Wildman–Crippen LogP) is 7.99. The molecule has 0 bridgehead atoms. The van der Waals surface area contributed by atoms with Crippen LogP contribution in [0.25, 0.3) is 0 Å². The normalized spacial score (nSPS) is 51.6. The van der Waals surface area contributed by atoms with Crippen LogP contribution in [0.1, 0.15) is 112 Å². The van der Waals surface area contributed by atoms with Crippen LogP contribution in [0.4, 0.5) is 0 Å². The van der Waals surface area contributed by atoms with E-state index in [1.165, 1.54) is 57.8 Å². The molecule has 12 atom stereocenters. The van der Waals surface area contributed by atoms with Crippen molar-refractivity contribution in [1.82, 2.24) is 0 Å². The Morgan fingerprint density at radius 3 is 2.59 bits per heavy atom. The summed E-state index contributed by atoms with van der Waals surface area (Å²) in [5, 5.41) is 9.23. The van der Waals surface area contributed by atoms with E-state index in [0.29, 0.717) is 35.2 Å². The van der Waals surface area contributed by atoms with Crippen LogP contribution in [0, 0.1) is 69.5 Å². The lowest BCUT2D eigenvalue weighted by molar-refractivity contribution is -0.255. The Morgan fingerprint density at radius 1 is 1.03 bits per heavy atom. The van der Waals surface area contributed by atoms with Gasteiger partial charge in [-0.2, -0.15) is 5.26 Å². The van der Waals surface area contributed by atoms with Crippen molar-refractivity contribution in [3.63, 3.8) is 0 Å². The maximum Gasteiger partial charge on any atom is 0.157 e. The SMILES string of the molecule is C[C@@H]1CC[C@@]2(C)C(CC(OC3CCCCO3)C3C2C[C@H](C)[C@@]2(C)C3CC[C@@H]2[C@H](C)CC[11C]#N)C1. The quantitative estimate of drug-likeness (QED) is 0.384.